The maximum Gasteiger partial charge on any atom is 0.287 e. The molecule has 1 fully saturated rings. The zero-order valence-electron chi connectivity index (χ0n) is 12.2. The van der Waals surface area contributed by atoms with E-state index in [9.17, 15) is 4.79 Å². The molecule has 3 heteroatoms. The first-order chi connectivity index (χ1) is 9.69. The number of hydrogen-bond acceptors (Lipinski definition) is 2. The first kappa shape index (κ1) is 13.2. The van der Waals surface area contributed by atoms with Gasteiger partial charge in [-0.15, -0.1) is 0 Å². The van der Waals surface area contributed by atoms with Crippen molar-refractivity contribution in [1.82, 2.24) is 5.32 Å². The van der Waals surface area contributed by atoms with Crippen molar-refractivity contribution >= 4 is 16.9 Å². The Hall–Kier alpha value is -1.77. The van der Waals surface area contributed by atoms with Crippen molar-refractivity contribution in [2.45, 2.75) is 52.0 Å². The van der Waals surface area contributed by atoms with Crippen LogP contribution >= 0.6 is 0 Å². The minimum absolute atomic E-state index is 0.0661. The quantitative estimate of drug-likeness (QED) is 0.917. The number of benzene rings is 1. The van der Waals surface area contributed by atoms with Crippen LogP contribution in [-0.2, 0) is 6.42 Å². The van der Waals surface area contributed by atoms with E-state index in [4.69, 9.17) is 4.42 Å². The molecule has 1 aliphatic carbocycles. The average Bonchev–Trinajstić information content (AvgIpc) is 3.07. The second kappa shape index (κ2) is 5.31. The maximum absolute atomic E-state index is 12.3. The van der Waals surface area contributed by atoms with E-state index >= 15 is 0 Å². The fourth-order valence-electron chi connectivity index (χ4n) is 3.03. The average molecular weight is 271 g/mol. The van der Waals surface area contributed by atoms with E-state index in [2.05, 4.69) is 24.4 Å². The molecule has 1 aromatic carbocycles. The van der Waals surface area contributed by atoms with Gasteiger partial charge < -0.3 is 9.73 Å². The van der Waals surface area contributed by atoms with Crippen LogP contribution in [0.4, 0.5) is 0 Å². The Morgan fingerprint density at radius 3 is 2.80 bits per heavy atom. The minimum Gasteiger partial charge on any atom is -0.451 e. The number of aryl methyl sites for hydroxylation is 2. The molecule has 1 saturated carbocycles. The highest BCUT2D eigenvalue weighted by Gasteiger charge is 2.22. The van der Waals surface area contributed by atoms with Crippen molar-refractivity contribution in [3.63, 3.8) is 0 Å². The lowest BCUT2D eigenvalue weighted by Gasteiger charge is -2.10. The van der Waals surface area contributed by atoms with Gasteiger partial charge in [0.1, 0.15) is 5.58 Å². The molecule has 106 valence electrons. The number of carbonyl (C=O) groups excluding carboxylic acids is 1. The fourth-order valence-corrected chi connectivity index (χ4v) is 3.03. The summed E-state index contributed by atoms with van der Waals surface area (Å²) in [5.74, 6) is 0.406. The molecule has 1 heterocycles. The maximum atomic E-state index is 12.3. The molecule has 0 atom stereocenters. The van der Waals surface area contributed by atoms with E-state index in [-0.39, 0.29) is 5.91 Å². The molecule has 0 aliphatic heterocycles. The topological polar surface area (TPSA) is 42.2 Å². The molecular formula is C17H21NO2. The summed E-state index contributed by atoms with van der Waals surface area (Å²) < 4.78 is 5.76. The lowest BCUT2D eigenvalue weighted by Crippen LogP contribution is -2.32. The lowest BCUT2D eigenvalue weighted by atomic mass is 10.1. The zero-order valence-corrected chi connectivity index (χ0v) is 12.2. The Balaban J connectivity index is 1.90. The second-order valence-corrected chi connectivity index (χ2v) is 5.70. The van der Waals surface area contributed by atoms with Crippen molar-refractivity contribution in [2.24, 2.45) is 0 Å². The summed E-state index contributed by atoms with van der Waals surface area (Å²) in [6.07, 6.45) is 5.59. The Bertz CT molecular complexity index is 636. The predicted molar refractivity (Wildman–Crippen MR) is 80.1 cm³/mol. The number of amides is 1. The van der Waals surface area contributed by atoms with Crippen LogP contribution in [0.1, 0.15) is 54.3 Å². The third-order valence-electron chi connectivity index (χ3n) is 4.31. The summed E-state index contributed by atoms with van der Waals surface area (Å²) in [6.45, 7) is 4.10. The minimum atomic E-state index is -0.0661. The summed E-state index contributed by atoms with van der Waals surface area (Å²) in [5.41, 5.74) is 3.02. The smallest absolute Gasteiger partial charge is 0.287 e. The number of rotatable bonds is 3. The van der Waals surface area contributed by atoms with Gasteiger partial charge in [0, 0.05) is 17.0 Å². The number of fused-ring (bicyclic) bond motifs is 1. The van der Waals surface area contributed by atoms with Crippen LogP contribution in [0.15, 0.2) is 22.6 Å². The summed E-state index contributed by atoms with van der Waals surface area (Å²) >= 11 is 0. The van der Waals surface area contributed by atoms with E-state index in [1.807, 2.05) is 13.0 Å². The summed E-state index contributed by atoms with van der Waals surface area (Å²) in [7, 11) is 0. The zero-order chi connectivity index (χ0) is 14.1. The SMILES string of the molecule is CCc1ccc2oc(C(=O)NC3CCCC3)c(C)c2c1. The Morgan fingerprint density at radius 2 is 2.10 bits per heavy atom. The highest BCUT2D eigenvalue weighted by Crippen LogP contribution is 2.27. The van der Waals surface area contributed by atoms with E-state index in [1.54, 1.807) is 0 Å². The van der Waals surface area contributed by atoms with Crippen LogP contribution in [0.5, 0.6) is 0 Å². The molecule has 1 amide bonds. The largest absolute Gasteiger partial charge is 0.451 e. The number of furan rings is 1. The van der Waals surface area contributed by atoms with Crippen molar-refractivity contribution in [2.75, 3.05) is 0 Å². The number of hydrogen-bond donors (Lipinski definition) is 1. The first-order valence-electron chi connectivity index (χ1n) is 7.52. The van der Waals surface area contributed by atoms with Crippen molar-refractivity contribution in [3.8, 4) is 0 Å². The van der Waals surface area contributed by atoms with Crippen LogP contribution in [-0.4, -0.2) is 11.9 Å². The summed E-state index contributed by atoms with van der Waals surface area (Å²) in [5, 5.41) is 4.15. The van der Waals surface area contributed by atoms with Crippen molar-refractivity contribution < 1.29 is 9.21 Å². The van der Waals surface area contributed by atoms with E-state index in [0.717, 1.165) is 35.8 Å². The standard InChI is InChI=1S/C17H21NO2/c1-3-12-8-9-15-14(10-12)11(2)16(20-15)17(19)18-13-6-4-5-7-13/h8-10,13H,3-7H2,1-2H3,(H,18,19). The van der Waals surface area contributed by atoms with Crippen LogP contribution in [0, 0.1) is 6.92 Å². The van der Waals surface area contributed by atoms with Gasteiger partial charge in [-0.1, -0.05) is 25.8 Å². The highest BCUT2D eigenvalue weighted by atomic mass is 16.3. The van der Waals surface area contributed by atoms with Gasteiger partial charge in [-0.2, -0.15) is 0 Å². The molecule has 0 spiro atoms. The molecule has 3 rings (SSSR count). The molecule has 0 bridgehead atoms. The lowest BCUT2D eigenvalue weighted by molar-refractivity contribution is 0.0911. The monoisotopic (exact) mass is 271 g/mol. The Labute approximate surface area is 119 Å². The molecule has 0 radical (unpaired) electrons. The van der Waals surface area contributed by atoms with Gasteiger partial charge in [0.05, 0.1) is 0 Å². The number of nitrogens with one attached hydrogen (secondary N) is 1. The van der Waals surface area contributed by atoms with E-state index in [1.165, 1.54) is 18.4 Å². The Kier molecular flexibility index (Phi) is 3.51. The van der Waals surface area contributed by atoms with Gasteiger partial charge in [-0.25, -0.2) is 0 Å². The molecule has 1 aliphatic rings. The third-order valence-corrected chi connectivity index (χ3v) is 4.31. The third kappa shape index (κ3) is 2.33. The summed E-state index contributed by atoms with van der Waals surface area (Å²) in [4.78, 5) is 12.3. The molecular weight excluding hydrogens is 250 g/mol. The second-order valence-electron chi connectivity index (χ2n) is 5.70. The molecule has 2 aromatic rings. The van der Waals surface area contributed by atoms with E-state index in [0.29, 0.717) is 11.8 Å². The van der Waals surface area contributed by atoms with Gasteiger partial charge in [-0.3, -0.25) is 4.79 Å². The van der Waals surface area contributed by atoms with Crippen molar-refractivity contribution in [1.29, 1.82) is 0 Å². The molecule has 0 unspecified atom stereocenters. The molecule has 0 saturated heterocycles. The molecule has 3 nitrogen and oxygen atoms in total. The predicted octanol–water partition coefficient (Wildman–Crippen LogP) is 3.98. The molecule has 1 N–H and O–H groups in total. The molecule has 1 aromatic heterocycles. The fraction of sp³-hybridized carbons (Fsp3) is 0.471. The number of carbonyl (C=O) groups is 1. The van der Waals surface area contributed by atoms with Gasteiger partial charge >= 0.3 is 0 Å². The van der Waals surface area contributed by atoms with E-state index < -0.39 is 0 Å². The van der Waals surface area contributed by atoms with Gasteiger partial charge in [0.25, 0.3) is 5.91 Å². The summed E-state index contributed by atoms with van der Waals surface area (Å²) in [6, 6.07) is 6.47. The van der Waals surface area contributed by atoms with Gasteiger partial charge in [-0.05, 0) is 43.9 Å². The van der Waals surface area contributed by atoms with Crippen molar-refractivity contribution in [3.05, 3.63) is 35.1 Å². The molecule has 20 heavy (non-hydrogen) atoms. The van der Waals surface area contributed by atoms with Crippen LogP contribution in [0.3, 0.4) is 0 Å². The Morgan fingerprint density at radius 1 is 1.35 bits per heavy atom. The first-order valence-corrected chi connectivity index (χ1v) is 7.52. The van der Waals surface area contributed by atoms with Crippen LogP contribution < -0.4 is 5.32 Å². The van der Waals surface area contributed by atoms with Gasteiger partial charge in [0.2, 0.25) is 0 Å². The normalized spacial score (nSPS) is 15.9. The highest BCUT2D eigenvalue weighted by molar-refractivity contribution is 5.99. The van der Waals surface area contributed by atoms with Gasteiger partial charge in [0.15, 0.2) is 5.76 Å². The van der Waals surface area contributed by atoms with Crippen LogP contribution in [0.2, 0.25) is 0 Å². The van der Waals surface area contributed by atoms with Crippen LogP contribution in [0.25, 0.3) is 11.0 Å².